The molecular formula is C10H15N3O2. The molecule has 0 amide bonds. The lowest BCUT2D eigenvalue weighted by Crippen LogP contribution is -2.27. The second kappa shape index (κ2) is 5.41. The summed E-state index contributed by atoms with van der Waals surface area (Å²) in [6.07, 6.45) is 3.42. The van der Waals surface area contributed by atoms with Gasteiger partial charge in [-0.15, -0.1) is 0 Å². The fourth-order valence-corrected chi connectivity index (χ4v) is 1.31. The molecule has 0 aliphatic heterocycles. The molecule has 1 unspecified atom stereocenters. The molecule has 5 nitrogen and oxygen atoms in total. The molecule has 1 rings (SSSR count). The average molecular weight is 209 g/mol. The first-order chi connectivity index (χ1) is 7.19. The van der Waals surface area contributed by atoms with Gasteiger partial charge >= 0.3 is 5.97 Å². The number of likely N-dealkylation sites (N-methyl/N-ethyl adjacent to an activating group) is 1. The molecule has 0 fully saturated rings. The van der Waals surface area contributed by atoms with Crippen LogP contribution in [0.5, 0.6) is 0 Å². The second-order valence-electron chi connectivity index (χ2n) is 3.22. The third kappa shape index (κ3) is 2.99. The van der Waals surface area contributed by atoms with Crippen LogP contribution in [0.15, 0.2) is 12.3 Å². The Morgan fingerprint density at radius 2 is 2.40 bits per heavy atom. The number of aliphatic carboxylic acids is 1. The van der Waals surface area contributed by atoms with Gasteiger partial charge in [0.2, 0.25) is 0 Å². The summed E-state index contributed by atoms with van der Waals surface area (Å²) >= 11 is 0. The van der Waals surface area contributed by atoms with Crippen molar-refractivity contribution in [1.29, 1.82) is 0 Å². The molecule has 15 heavy (non-hydrogen) atoms. The van der Waals surface area contributed by atoms with E-state index in [1.807, 2.05) is 6.07 Å². The Bertz CT molecular complexity index is 341. The van der Waals surface area contributed by atoms with Crippen molar-refractivity contribution in [2.45, 2.75) is 25.8 Å². The maximum Gasteiger partial charge on any atom is 0.328 e. The molecule has 1 aromatic heterocycles. The summed E-state index contributed by atoms with van der Waals surface area (Å²) < 4.78 is 0. The summed E-state index contributed by atoms with van der Waals surface area (Å²) in [5.41, 5.74) is 0.879. The largest absolute Gasteiger partial charge is 0.480 e. The SMILES string of the molecule is CCCc1ccnc(C(NC)C(=O)O)n1. The zero-order valence-corrected chi connectivity index (χ0v) is 8.90. The maximum atomic E-state index is 10.9. The molecule has 2 N–H and O–H groups in total. The summed E-state index contributed by atoms with van der Waals surface area (Å²) in [5.74, 6) is -0.651. The highest BCUT2D eigenvalue weighted by Crippen LogP contribution is 2.08. The minimum atomic E-state index is -0.967. The lowest BCUT2D eigenvalue weighted by atomic mass is 10.2. The first-order valence-corrected chi connectivity index (χ1v) is 4.91. The number of aromatic nitrogens is 2. The molecule has 1 heterocycles. The van der Waals surface area contributed by atoms with Crippen LogP contribution in [0.2, 0.25) is 0 Å². The van der Waals surface area contributed by atoms with Crippen LogP contribution in [-0.2, 0) is 11.2 Å². The number of carboxylic acid groups (broad SMARTS) is 1. The van der Waals surface area contributed by atoms with E-state index in [2.05, 4.69) is 22.2 Å². The minimum absolute atomic E-state index is 0.316. The van der Waals surface area contributed by atoms with Crippen molar-refractivity contribution in [3.8, 4) is 0 Å². The quantitative estimate of drug-likeness (QED) is 0.749. The Kier molecular flexibility index (Phi) is 4.17. The van der Waals surface area contributed by atoms with E-state index < -0.39 is 12.0 Å². The van der Waals surface area contributed by atoms with Gasteiger partial charge in [-0.25, -0.2) is 9.97 Å². The number of hydrogen-bond acceptors (Lipinski definition) is 4. The number of carbonyl (C=O) groups is 1. The van der Waals surface area contributed by atoms with E-state index in [4.69, 9.17) is 5.11 Å². The van der Waals surface area contributed by atoms with Crippen LogP contribution in [0.4, 0.5) is 0 Å². The molecule has 0 aliphatic carbocycles. The van der Waals surface area contributed by atoms with Gasteiger partial charge in [0, 0.05) is 11.9 Å². The number of rotatable bonds is 5. The van der Waals surface area contributed by atoms with Gasteiger partial charge in [0.1, 0.15) is 0 Å². The lowest BCUT2D eigenvalue weighted by Gasteiger charge is -2.10. The third-order valence-corrected chi connectivity index (χ3v) is 2.03. The van der Waals surface area contributed by atoms with Crippen molar-refractivity contribution in [2.75, 3.05) is 7.05 Å². The molecule has 0 radical (unpaired) electrons. The van der Waals surface area contributed by atoms with Crippen LogP contribution in [0.3, 0.4) is 0 Å². The number of nitrogens with zero attached hydrogens (tertiary/aromatic N) is 2. The summed E-state index contributed by atoms with van der Waals surface area (Å²) in [6, 6.07) is 0.975. The van der Waals surface area contributed by atoms with Crippen LogP contribution < -0.4 is 5.32 Å². The monoisotopic (exact) mass is 209 g/mol. The van der Waals surface area contributed by atoms with Gasteiger partial charge in [0.15, 0.2) is 11.9 Å². The highest BCUT2D eigenvalue weighted by atomic mass is 16.4. The highest BCUT2D eigenvalue weighted by molar-refractivity contribution is 5.74. The zero-order chi connectivity index (χ0) is 11.3. The van der Waals surface area contributed by atoms with E-state index in [-0.39, 0.29) is 0 Å². The highest BCUT2D eigenvalue weighted by Gasteiger charge is 2.20. The normalized spacial score (nSPS) is 12.4. The summed E-state index contributed by atoms with van der Waals surface area (Å²) in [6.45, 7) is 2.05. The molecule has 5 heteroatoms. The molecule has 0 aromatic carbocycles. The number of hydrogen-bond donors (Lipinski definition) is 2. The van der Waals surface area contributed by atoms with Gasteiger partial charge in [-0.3, -0.25) is 4.79 Å². The average Bonchev–Trinajstić information content (AvgIpc) is 2.19. The lowest BCUT2D eigenvalue weighted by molar-refractivity contribution is -0.139. The van der Waals surface area contributed by atoms with Gasteiger partial charge in [-0.2, -0.15) is 0 Å². The molecule has 1 atom stereocenters. The fourth-order valence-electron chi connectivity index (χ4n) is 1.31. The van der Waals surface area contributed by atoms with Crippen molar-refractivity contribution < 1.29 is 9.90 Å². The molecule has 0 spiro atoms. The fraction of sp³-hybridized carbons (Fsp3) is 0.500. The molecule has 1 aromatic rings. The van der Waals surface area contributed by atoms with Crippen LogP contribution in [-0.4, -0.2) is 28.1 Å². The Morgan fingerprint density at radius 1 is 1.67 bits per heavy atom. The summed E-state index contributed by atoms with van der Waals surface area (Å²) in [5, 5.41) is 11.6. The smallest absolute Gasteiger partial charge is 0.328 e. The topological polar surface area (TPSA) is 75.1 Å². The van der Waals surface area contributed by atoms with E-state index in [1.165, 1.54) is 0 Å². The van der Waals surface area contributed by atoms with Crippen molar-refractivity contribution in [3.63, 3.8) is 0 Å². The minimum Gasteiger partial charge on any atom is -0.480 e. The van der Waals surface area contributed by atoms with E-state index in [9.17, 15) is 4.79 Å². The van der Waals surface area contributed by atoms with Crippen LogP contribution in [0.1, 0.15) is 30.9 Å². The van der Waals surface area contributed by atoms with Crippen molar-refractivity contribution in [3.05, 3.63) is 23.8 Å². The predicted molar refractivity (Wildman–Crippen MR) is 55.5 cm³/mol. The maximum absolute atomic E-state index is 10.9. The Balaban J connectivity index is 2.92. The molecule has 0 aliphatic rings. The zero-order valence-electron chi connectivity index (χ0n) is 8.90. The molecule has 82 valence electrons. The van der Waals surface area contributed by atoms with Crippen molar-refractivity contribution >= 4 is 5.97 Å². The number of carboxylic acids is 1. The van der Waals surface area contributed by atoms with E-state index in [1.54, 1.807) is 13.2 Å². The standard InChI is InChI=1S/C10H15N3O2/c1-3-4-7-5-6-12-9(13-7)8(11-2)10(14)15/h5-6,8,11H,3-4H2,1-2H3,(H,14,15). The molecular weight excluding hydrogens is 194 g/mol. The predicted octanol–water partition coefficient (Wildman–Crippen LogP) is 0.774. The van der Waals surface area contributed by atoms with Gasteiger partial charge in [0.25, 0.3) is 0 Å². The van der Waals surface area contributed by atoms with E-state index in [0.29, 0.717) is 5.82 Å². The third-order valence-electron chi connectivity index (χ3n) is 2.03. The van der Waals surface area contributed by atoms with Crippen molar-refractivity contribution in [2.24, 2.45) is 0 Å². The Morgan fingerprint density at radius 3 is 2.93 bits per heavy atom. The van der Waals surface area contributed by atoms with Crippen LogP contribution in [0.25, 0.3) is 0 Å². The number of nitrogens with one attached hydrogen (secondary N) is 1. The Hall–Kier alpha value is -1.49. The summed E-state index contributed by atoms with van der Waals surface area (Å²) in [4.78, 5) is 19.0. The number of aryl methyl sites for hydroxylation is 1. The van der Waals surface area contributed by atoms with Crippen LogP contribution >= 0.6 is 0 Å². The van der Waals surface area contributed by atoms with Crippen LogP contribution in [0, 0.1) is 0 Å². The second-order valence-corrected chi connectivity index (χ2v) is 3.22. The Labute approximate surface area is 88.6 Å². The van der Waals surface area contributed by atoms with Crippen molar-refractivity contribution in [1.82, 2.24) is 15.3 Å². The van der Waals surface area contributed by atoms with Gasteiger partial charge < -0.3 is 10.4 Å². The van der Waals surface area contributed by atoms with Gasteiger partial charge in [0.05, 0.1) is 0 Å². The molecule has 0 saturated carbocycles. The first-order valence-electron chi connectivity index (χ1n) is 4.91. The van der Waals surface area contributed by atoms with E-state index in [0.717, 1.165) is 18.5 Å². The van der Waals surface area contributed by atoms with Gasteiger partial charge in [-0.1, -0.05) is 13.3 Å². The first kappa shape index (κ1) is 11.6. The van der Waals surface area contributed by atoms with E-state index >= 15 is 0 Å². The van der Waals surface area contributed by atoms with Gasteiger partial charge in [-0.05, 0) is 19.5 Å². The molecule has 0 saturated heterocycles. The molecule has 0 bridgehead atoms. The summed E-state index contributed by atoms with van der Waals surface area (Å²) in [7, 11) is 1.58.